The molecule has 5 amide bonds. The zero-order chi connectivity index (χ0) is 28.4. The highest BCUT2D eigenvalue weighted by Gasteiger charge is 2.31. The van der Waals surface area contributed by atoms with Gasteiger partial charge in [0.15, 0.2) is 17.2 Å². The van der Waals surface area contributed by atoms with Gasteiger partial charge in [-0.2, -0.15) is 0 Å². The van der Waals surface area contributed by atoms with Crippen LogP contribution in [-0.4, -0.2) is 53.4 Å². The second-order valence-corrected chi connectivity index (χ2v) is 8.91. The third-order valence-corrected chi connectivity index (χ3v) is 6.24. The molecule has 2 aromatic heterocycles. The monoisotopic (exact) mass is 552 g/mol. The first kappa shape index (κ1) is 26.4. The minimum absolute atomic E-state index is 0.0132. The van der Waals surface area contributed by atoms with Gasteiger partial charge in [0, 0.05) is 19.2 Å². The van der Waals surface area contributed by atoms with Gasteiger partial charge in [-0.1, -0.05) is 30.3 Å². The van der Waals surface area contributed by atoms with E-state index < -0.39 is 29.7 Å². The van der Waals surface area contributed by atoms with Gasteiger partial charge < -0.3 is 24.2 Å². The molecule has 1 fully saturated rings. The van der Waals surface area contributed by atoms with Crippen molar-refractivity contribution in [2.24, 2.45) is 5.73 Å². The van der Waals surface area contributed by atoms with E-state index in [9.17, 15) is 28.0 Å². The SMILES string of the molecule is NC(=O)N(C(=O)c1ccc(CN2CCN(C(=O)OCc3ccccc3)CC2=O)o1)c1coc2c(F)cc(F)cc12. The number of nitrogens with two attached hydrogens (primary N) is 1. The molecule has 5 rings (SSSR count). The smallest absolute Gasteiger partial charge is 0.410 e. The minimum atomic E-state index is -1.24. The van der Waals surface area contributed by atoms with Crippen LogP contribution in [0, 0.1) is 11.6 Å². The van der Waals surface area contributed by atoms with Crippen molar-refractivity contribution in [2.75, 3.05) is 24.5 Å². The Bertz CT molecular complexity index is 1600. The zero-order valence-electron chi connectivity index (χ0n) is 20.8. The number of primary amides is 1. The molecule has 0 atom stereocenters. The summed E-state index contributed by atoms with van der Waals surface area (Å²) in [7, 11) is 0. The van der Waals surface area contributed by atoms with Crippen molar-refractivity contribution in [1.82, 2.24) is 9.80 Å². The molecule has 0 unspecified atom stereocenters. The number of furan rings is 2. The van der Waals surface area contributed by atoms with Crippen LogP contribution in [0.15, 0.2) is 69.7 Å². The fraction of sp³-hybridized carbons (Fsp3) is 0.185. The van der Waals surface area contributed by atoms with E-state index in [0.29, 0.717) is 11.0 Å². The lowest BCUT2D eigenvalue weighted by Gasteiger charge is -2.33. The van der Waals surface area contributed by atoms with Crippen molar-refractivity contribution in [3.63, 3.8) is 0 Å². The molecule has 0 spiro atoms. The summed E-state index contributed by atoms with van der Waals surface area (Å²) in [4.78, 5) is 53.6. The average molecular weight is 552 g/mol. The zero-order valence-corrected chi connectivity index (χ0v) is 20.8. The van der Waals surface area contributed by atoms with Crippen molar-refractivity contribution in [1.29, 1.82) is 0 Å². The minimum Gasteiger partial charge on any atom is -0.459 e. The highest BCUT2D eigenvalue weighted by atomic mass is 19.1. The number of halogens is 2. The number of fused-ring (bicyclic) bond motifs is 1. The first-order chi connectivity index (χ1) is 19.2. The number of nitrogens with zero attached hydrogens (tertiary/aromatic N) is 3. The first-order valence-electron chi connectivity index (χ1n) is 12.0. The van der Waals surface area contributed by atoms with Crippen molar-refractivity contribution < 1.29 is 41.5 Å². The maximum absolute atomic E-state index is 14.1. The van der Waals surface area contributed by atoms with Gasteiger partial charge in [0.05, 0.1) is 11.9 Å². The van der Waals surface area contributed by atoms with E-state index >= 15 is 0 Å². The van der Waals surface area contributed by atoms with Crippen LogP contribution in [0.3, 0.4) is 0 Å². The molecule has 2 aromatic carbocycles. The maximum Gasteiger partial charge on any atom is 0.410 e. The third kappa shape index (κ3) is 5.34. The Labute approximate surface area is 225 Å². The standard InChI is InChI=1S/C27H22F2N4O7/c28-17-10-19-21(15-38-24(19)20(29)11-17)33(26(30)36)25(35)22-7-6-18(40-22)12-31-8-9-32(13-23(31)34)27(37)39-14-16-4-2-1-3-5-16/h1-7,10-11,15H,8-9,12-14H2,(H2,30,36). The number of piperazine rings is 1. The lowest BCUT2D eigenvalue weighted by Crippen LogP contribution is -2.51. The van der Waals surface area contributed by atoms with Gasteiger partial charge in [-0.05, 0) is 23.8 Å². The van der Waals surface area contributed by atoms with Crippen LogP contribution in [0.4, 0.5) is 24.1 Å². The van der Waals surface area contributed by atoms with Crippen molar-refractivity contribution in [3.05, 3.63) is 89.6 Å². The molecule has 0 bridgehead atoms. The summed E-state index contributed by atoms with van der Waals surface area (Å²) in [6.07, 6.45) is 0.295. The molecule has 1 aliphatic heterocycles. The number of anilines is 1. The Morgan fingerprint density at radius 2 is 1.82 bits per heavy atom. The quantitative estimate of drug-likeness (QED) is 0.381. The van der Waals surface area contributed by atoms with Crippen molar-refractivity contribution >= 4 is 40.6 Å². The van der Waals surface area contributed by atoms with Gasteiger partial charge in [-0.3, -0.25) is 14.5 Å². The van der Waals surface area contributed by atoms with E-state index in [1.165, 1.54) is 21.9 Å². The van der Waals surface area contributed by atoms with E-state index in [1.807, 2.05) is 30.3 Å². The van der Waals surface area contributed by atoms with Crippen molar-refractivity contribution in [3.8, 4) is 0 Å². The predicted octanol–water partition coefficient (Wildman–Crippen LogP) is 4.01. The fourth-order valence-corrected chi connectivity index (χ4v) is 4.27. The molecule has 3 heterocycles. The largest absolute Gasteiger partial charge is 0.459 e. The van der Waals surface area contributed by atoms with Gasteiger partial charge in [0.25, 0.3) is 0 Å². The molecular formula is C27H22F2N4O7. The van der Waals surface area contributed by atoms with Crippen LogP contribution in [0.25, 0.3) is 11.0 Å². The van der Waals surface area contributed by atoms with Crippen LogP contribution in [0.1, 0.15) is 21.9 Å². The number of hydrogen-bond acceptors (Lipinski definition) is 7. The van der Waals surface area contributed by atoms with E-state index in [1.54, 1.807) is 0 Å². The molecule has 206 valence electrons. The summed E-state index contributed by atoms with van der Waals surface area (Å²) in [6.45, 7) is 0.284. The van der Waals surface area contributed by atoms with Gasteiger partial charge in [-0.25, -0.2) is 23.3 Å². The highest BCUT2D eigenvalue weighted by molar-refractivity contribution is 6.22. The lowest BCUT2D eigenvalue weighted by atomic mass is 10.2. The van der Waals surface area contributed by atoms with Crippen LogP contribution < -0.4 is 10.6 Å². The van der Waals surface area contributed by atoms with Gasteiger partial charge in [0.1, 0.15) is 36.7 Å². The van der Waals surface area contributed by atoms with E-state index in [0.717, 1.165) is 17.9 Å². The highest BCUT2D eigenvalue weighted by Crippen LogP contribution is 2.33. The summed E-state index contributed by atoms with van der Waals surface area (Å²) >= 11 is 0. The number of benzene rings is 2. The summed E-state index contributed by atoms with van der Waals surface area (Å²) in [5, 5.41) is -0.179. The Morgan fingerprint density at radius 1 is 1.05 bits per heavy atom. The molecule has 4 aromatic rings. The first-order valence-corrected chi connectivity index (χ1v) is 12.0. The summed E-state index contributed by atoms with van der Waals surface area (Å²) < 4.78 is 43.8. The summed E-state index contributed by atoms with van der Waals surface area (Å²) in [5.41, 5.74) is 5.59. The number of ether oxygens (including phenoxy) is 1. The van der Waals surface area contributed by atoms with Gasteiger partial charge in [-0.15, -0.1) is 0 Å². The number of hydrogen-bond donors (Lipinski definition) is 1. The van der Waals surface area contributed by atoms with Crippen LogP contribution in [0.5, 0.6) is 0 Å². The lowest BCUT2D eigenvalue weighted by molar-refractivity contribution is -0.136. The van der Waals surface area contributed by atoms with Crippen LogP contribution in [0.2, 0.25) is 0 Å². The Kier molecular flexibility index (Phi) is 7.19. The molecule has 2 N–H and O–H groups in total. The third-order valence-electron chi connectivity index (χ3n) is 6.24. The van der Waals surface area contributed by atoms with Crippen LogP contribution in [-0.2, 0) is 22.7 Å². The van der Waals surface area contributed by atoms with E-state index in [4.69, 9.17) is 19.3 Å². The van der Waals surface area contributed by atoms with E-state index in [2.05, 4.69) is 0 Å². The molecule has 11 nitrogen and oxygen atoms in total. The number of carbonyl (C=O) groups excluding carboxylic acids is 4. The van der Waals surface area contributed by atoms with Crippen molar-refractivity contribution in [2.45, 2.75) is 13.2 Å². The van der Waals surface area contributed by atoms with Gasteiger partial charge >= 0.3 is 18.0 Å². The number of amides is 5. The van der Waals surface area contributed by atoms with E-state index in [-0.39, 0.29) is 66.9 Å². The molecule has 1 saturated heterocycles. The average Bonchev–Trinajstić information content (AvgIpc) is 3.57. The summed E-state index contributed by atoms with van der Waals surface area (Å²) in [6, 6.07) is 12.1. The second kappa shape index (κ2) is 10.9. The Hall–Kier alpha value is -5.20. The second-order valence-electron chi connectivity index (χ2n) is 8.91. The number of carbonyl (C=O) groups is 4. The Morgan fingerprint density at radius 3 is 2.55 bits per heavy atom. The number of urea groups is 1. The molecule has 13 heteroatoms. The number of rotatable bonds is 6. The molecule has 0 aliphatic carbocycles. The molecule has 40 heavy (non-hydrogen) atoms. The maximum atomic E-state index is 14.1. The predicted molar refractivity (Wildman–Crippen MR) is 135 cm³/mol. The molecule has 0 saturated carbocycles. The Balaban J connectivity index is 1.23. The molecule has 1 aliphatic rings. The topological polar surface area (TPSA) is 140 Å². The number of imide groups is 1. The van der Waals surface area contributed by atoms with Crippen LogP contribution >= 0.6 is 0 Å². The fourth-order valence-electron chi connectivity index (χ4n) is 4.27. The molecular weight excluding hydrogens is 530 g/mol. The summed E-state index contributed by atoms with van der Waals surface area (Å²) in [5.74, 6) is -3.43. The normalized spacial score (nSPS) is 13.5. The molecule has 0 radical (unpaired) electrons. The van der Waals surface area contributed by atoms with Gasteiger partial charge in [0.2, 0.25) is 5.91 Å².